The topological polar surface area (TPSA) is 46.6 Å². The molecular weight excluding hydrogens is 322 g/mol. The summed E-state index contributed by atoms with van der Waals surface area (Å²) in [5.74, 6) is 1.59. The molecule has 1 aromatic rings. The summed E-state index contributed by atoms with van der Waals surface area (Å²) in [6, 6.07) is 7.28. The summed E-state index contributed by atoms with van der Waals surface area (Å²) in [6.45, 7) is 10.5. The molecule has 0 saturated carbocycles. The van der Waals surface area contributed by atoms with Gasteiger partial charge in [0.05, 0.1) is 17.1 Å². The maximum Gasteiger partial charge on any atom is 0.268 e. The minimum Gasteiger partial charge on any atom is -0.493 e. The third kappa shape index (κ3) is 3.83. The van der Waals surface area contributed by atoms with Crippen molar-refractivity contribution in [1.29, 1.82) is 0 Å². The summed E-state index contributed by atoms with van der Waals surface area (Å²) in [5.41, 5.74) is 1.28. The number of carbonyl (C=O) groups excluding carboxylic acids is 2. The second-order valence-electron chi connectivity index (χ2n) is 6.44. The van der Waals surface area contributed by atoms with E-state index >= 15 is 0 Å². The highest BCUT2D eigenvalue weighted by atomic mass is 32.2. The largest absolute Gasteiger partial charge is 0.493 e. The molecule has 0 spiro atoms. The maximum atomic E-state index is 12.7. The Bertz CT molecular complexity index is 647. The summed E-state index contributed by atoms with van der Waals surface area (Å²) in [4.78, 5) is 27.2. The van der Waals surface area contributed by atoms with E-state index in [-0.39, 0.29) is 17.9 Å². The normalized spacial score (nSPS) is 15.2. The lowest BCUT2D eigenvalue weighted by Gasteiger charge is -2.19. The molecule has 0 N–H and O–H groups in total. The Kier molecular flexibility index (Phi) is 6.10. The molecule has 24 heavy (non-hydrogen) atoms. The van der Waals surface area contributed by atoms with Crippen molar-refractivity contribution in [2.24, 2.45) is 5.92 Å². The molecule has 0 bridgehead atoms. The molecule has 4 nitrogen and oxygen atoms in total. The van der Waals surface area contributed by atoms with Crippen LogP contribution in [0.2, 0.25) is 0 Å². The lowest BCUT2D eigenvalue weighted by Crippen LogP contribution is -2.37. The Morgan fingerprint density at radius 3 is 2.17 bits per heavy atom. The second kappa shape index (κ2) is 7.88. The van der Waals surface area contributed by atoms with Gasteiger partial charge in [0.25, 0.3) is 11.8 Å². The summed E-state index contributed by atoms with van der Waals surface area (Å²) in [7, 11) is 0. The standard InChI is InChI=1S/C19H25NO3S/c1-6-24-17-16(18(21)20(13(4)5)19(17)22)14-7-9-15(10-8-14)23-11-12(2)3/h7-10,12-13H,6,11H2,1-5H3. The van der Waals surface area contributed by atoms with Crippen molar-refractivity contribution in [3.63, 3.8) is 0 Å². The van der Waals surface area contributed by atoms with Gasteiger partial charge in [-0.1, -0.05) is 32.9 Å². The van der Waals surface area contributed by atoms with Crippen LogP contribution in [0.4, 0.5) is 0 Å². The highest BCUT2D eigenvalue weighted by molar-refractivity contribution is 8.04. The van der Waals surface area contributed by atoms with E-state index in [9.17, 15) is 9.59 Å². The molecule has 0 atom stereocenters. The van der Waals surface area contributed by atoms with Crippen LogP contribution in [0.25, 0.3) is 5.57 Å². The molecule has 5 heteroatoms. The summed E-state index contributed by atoms with van der Waals surface area (Å²) in [6.07, 6.45) is 0. The molecule has 0 saturated heterocycles. The number of thioether (sulfide) groups is 1. The average Bonchev–Trinajstić information content (AvgIpc) is 2.77. The highest BCUT2D eigenvalue weighted by Crippen LogP contribution is 2.37. The third-order valence-corrected chi connectivity index (χ3v) is 4.56. The molecule has 0 unspecified atom stereocenters. The molecule has 130 valence electrons. The molecule has 1 aliphatic rings. The van der Waals surface area contributed by atoms with Crippen LogP contribution in [0.5, 0.6) is 5.75 Å². The summed E-state index contributed by atoms with van der Waals surface area (Å²) < 4.78 is 5.68. The number of carbonyl (C=O) groups is 2. The van der Waals surface area contributed by atoms with Gasteiger partial charge in [-0.3, -0.25) is 14.5 Å². The van der Waals surface area contributed by atoms with Crippen LogP contribution in [0.3, 0.4) is 0 Å². The van der Waals surface area contributed by atoms with Gasteiger partial charge in [-0.05, 0) is 43.2 Å². The monoisotopic (exact) mass is 347 g/mol. The van der Waals surface area contributed by atoms with E-state index in [2.05, 4.69) is 13.8 Å². The molecule has 1 aromatic carbocycles. The van der Waals surface area contributed by atoms with Crippen molar-refractivity contribution in [3.05, 3.63) is 34.7 Å². The molecule has 0 aliphatic carbocycles. The Hall–Kier alpha value is -1.75. The van der Waals surface area contributed by atoms with Crippen molar-refractivity contribution in [1.82, 2.24) is 4.90 Å². The zero-order valence-electron chi connectivity index (χ0n) is 15.0. The van der Waals surface area contributed by atoms with E-state index < -0.39 is 0 Å². The lowest BCUT2D eigenvalue weighted by atomic mass is 10.1. The van der Waals surface area contributed by atoms with Gasteiger partial charge in [-0.15, -0.1) is 11.8 Å². The minimum atomic E-state index is -0.207. The van der Waals surface area contributed by atoms with Gasteiger partial charge in [0, 0.05) is 6.04 Å². The molecular formula is C19H25NO3S. The minimum absolute atomic E-state index is 0.149. The van der Waals surface area contributed by atoms with E-state index in [0.717, 1.165) is 17.1 Å². The number of hydrogen-bond acceptors (Lipinski definition) is 4. The molecule has 2 amide bonds. The van der Waals surface area contributed by atoms with Gasteiger partial charge >= 0.3 is 0 Å². The molecule has 1 aliphatic heterocycles. The first-order valence-electron chi connectivity index (χ1n) is 8.35. The predicted octanol–water partition coefficient (Wildman–Crippen LogP) is 3.96. The molecule has 0 radical (unpaired) electrons. The fourth-order valence-corrected chi connectivity index (χ4v) is 3.37. The summed E-state index contributed by atoms with van der Waals surface area (Å²) >= 11 is 1.43. The molecule has 0 fully saturated rings. The van der Waals surface area contributed by atoms with Crippen molar-refractivity contribution in [3.8, 4) is 5.75 Å². The zero-order valence-corrected chi connectivity index (χ0v) is 15.8. The van der Waals surface area contributed by atoms with Crippen molar-refractivity contribution in [2.45, 2.75) is 40.7 Å². The van der Waals surface area contributed by atoms with Gasteiger partial charge in [0.2, 0.25) is 0 Å². The number of imide groups is 1. The average molecular weight is 347 g/mol. The maximum absolute atomic E-state index is 12.7. The fraction of sp³-hybridized carbons (Fsp3) is 0.474. The van der Waals surface area contributed by atoms with Crippen LogP contribution in [-0.2, 0) is 9.59 Å². The van der Waals surface area contributed by atoms with Crippen molar-refractivity contribution < 1.29 is 14.3 Å². The quantitative estimate of drug-likeness (QED) is 0.700. The number of benzene rings is 1. The van der Waals surface area contributed by atoms with Gasteiger partial charge in [-0.25, -0.2) is 0 Å². The predicted molar refractivity (Wildman–Crippen MR) is 98.8 cm³/mol. The fourth-order valence-electron chi connectivity index (χ4n) is 2.51. The number of ether oxygens (including phenoxy) is 1. The third-order valence-electron chi connectivity index (χ3n) is 3.60. The van der Waals surface area contributed by atoms with Gasteiger partial charge in [-0.2, -0.15) is 0 Å². The van der Waals surface area contributed by atoms with Gasteiger partial charge in [0.1, 0.15) is 5.75 Å². The number of rotatable bonds is 7. The Balaban J connectivity index is 2.33. The molecule has 2 rings (SSSR count). The number of hydrogen-bond donors (Lipinski definition) is 0. The number of amides is 2. The van der Waals surface area contributed by atoms with Crippen LogP contribution in [0, 0.1) is 5.92 Å². The van der Waals surface area contributed by atoms with E-state index in [1.54, 1.807) is 0 Å². The zero-order chi connectivity index (χ0) is 17.9. The Labute approximate surface area is 148 Å². The van der Waals surface area contributed by atoms with Crippen LogP contribution in [0.1, 0.15) is 40.2 Å². The highest BCUT2D eigenvalue weighted by Gasteiger charge is 2.40. The van der Waals surface area contributed by atoms with Crippen molar-refractivity contribution in [2.75, 3.05) is 12.4 Å². The summed E-state index contributed by atoms with van der Waals surface area (Å²) in [5, 5.41) is 0. The van der Waals surface area contributed by atoms with E-state index in [1.165, 1.54) is 16.7 Å². The van der Waals surface area contributed by atoms with E-state index in [1.807, 2.05) is 45.0 Å². The Morgan fingerprint density at radius 1 is 1.04 bits per heavy atom. The smallest absolute Gasteiger partial charge is 0.268 e. The van der Waals surface area contributed by atoms with E-state index in [4.69, 9.17) is 4.74 Å². The van der Waals surface area contributed by atoms with Crippen LogP contribution >= 0.6 is 11.8 Å². The first kappa shape index (κ1) is 18.6. The lowest BCUT2D eigenvalue weighted by molar-refractivity contribution is -0.138. The van der Waals surface area contributed by atoms with Crippen LogP contribution in [0.15, 0.2) is 29.2 Å². The van der Waals surface area contributed by atoms with Gasteiger partial charge in [0.15, 0.2) is 0 Å². The Morgan fingerprint density at radius 2 is 1.67 bits per heavy atom. The first-order valence-corrected chi connectivity index (χ1v) is 9.33. The van der Waals surface area contributed by atoms with Crippen molar-refractivity contribution >= 4 is 29.1 Å². The molecule has 1 heterocycles. The second-order valence-corrected chi connectivity index (χ2v) is 7.71. The number of nitrogens with zero attached hydrogens (tertiary/aromatic N) is 1. The van der Waals surface area contributed by atoms with Crippen LogP contribution < -0.4 is 4.74 Å². The molecule has 0 aromatic heterocycles. The van der Waals surface area contributed by atoms with Gasteiger partial charge < -0.3 is 4.74 Å². The van der Waals surface area contributed by atoms with Crippen LogP contribution in [-0.4, -0.2) is 35.1 Å². The van der Waals surface area contributed by atoms with E-state index in [0.29, 0.717) is 23.0 Å². The SMILES string of the molecule is CCSC1=C(c2ccc(OCC(C)C)cc2)C(=O)N(C(C)C)C1=O. The first-order chi connectivity index (χ1) is 11.4.